The third kappa shape index (κ3) is 2.62. The van der Waals surface area contributed by atoms with Crippen molar-refractivity contribution >= 4 is 5.91 Å². The minimum Gasteiger partial charge on any atom is -0.382 e. The number of amides is 1. The molecule has 1 amide bonds. The molecule has 7 nitrogen and oxygen atoms in total. The number of carbonyl (C=O) groups is 1. The summed E-state index contributed by atoms with van der Waals surface area (Å²) < 4.78 is 12.6. The number of aryl methyl sites for hydroxylation is 1. The second-order valence-corrected chi connectivity index (χ2v) is 6.70. The van der Waals surface area contributed by atoms with Gasteiger partial charge < -0.3 is 14.2 Å². The van der Waals surface area contributed by atoms with Gasteiger partial charge in [-0.15, -0.1) is 0 Å². The van der Waals surface area contributed by atoms with Gasteiger partial charge in [-0.3, -0.25) is 9.48 Å². The van der Waals surface area contributed by atoms with Crippen LogP contribution in [0.5, 0.6) is 0 Å². The molecule has 0 saturated heterocycles. The zero-order valence-corrected chi connectivity index (χ0v) is 14.1. The normalized spacial score (nSPS) is 20.2. The minimum absolute atomic E-state index is 0.0550. The van der Waals surface area contributed by atoms with E-state index in [2.05, 4.69) is 14.9 Å². The first-order chi connectivity index (χ1) is 11.7. The highest BCUT2D eigenvalue weighted by molar-refractivity contribution is 5.95. The number of fused-ring (bicyclic) bond motifs is 1. The smallest absolute Gasteiger partial charge is 0.259 e. The van der Waals surface area contributed by atoms with E-state index in [-0.39, 0.29) is 11.9 Å². The van der Waals surface area contributed by atoms with Crippen LogP contribution in [0.4, 0.5) is 0 Å². The molecule has 1 aliphatic heterocycles. The van der Waals surface area contributed by atoms with Crippen molar-refractivity contribution in [3.8, 4) is 0 Å². The number of carbonyl (C=O) groups excluding carboxylic acids is 1. The third-order valence-corrected chi connectivity index (χ3v) is 4.97. The Morgan fingerprint density at radius 2 is 2.25 bits per heavy atom. The van der Waals surface area contributed by atoms with Gasteiger partial charge in [-0.2, -0.15) is 5.10 Å². The molecule has 2 aromatic rings. The van der Waals surface area contributed by atoms with Crippen molar-refractivity contribution in [3.05, 3.63) is 35.0 Å². The summed E-state index contributed by atoms with van der Waals surface area (Å²) in [6.45, 7) is 3.81. The minimum atomic E-state index is -0.123. The molecule has 1 atom stereocenters. The van der Waals surface area contributed by atoms with Gasteiger partial charge in [0, 0.05) is 20.2 Å². The standard InChI is InChI=1S/C17H22N4O3/c1-11-14(8-19-24-11)17(22)20-6-5-13-7-18-21(9-12-3-4-12)16(13)15(20)10-23-2/h7-8,12,15H,3-6,9-10H2,1-2H3. The van der Waals surface area contributed by atoms with E-state index in [1.807, 2.05) is 11.1 Å². The van der Waals surface area contributed by atoms with Crippen LogP contribution in [-0.2, 0) is 17.7 Å². The predicted molar refractivity (Wildman–Crippen MR) is 85.5 cm³/mol. The van der Waals surface area contributed by atoms with Crippen LogP contribution in [0.2, 0.25) is 0 Å². The van der Waals surface area contributed by atoms with Crippen LogP contribution in [-0.4, -0.2) is 46.0 Å². The van der Waals surface area contributed by atoms with E-state index < -0.39 is 0 Å². The van der Waals surface area contributed by atoms with E-state index in [0.717, 1.165) is 24.6 Å². The maximum absolute atomic E-state index is 13.0. The van der Waals surface area contributed by atoms with Crippen LogP contribution >= 0.6 is 0 Å². The van der Waals surface area contributed by atoms with Gasteiger partial charge >= 0.3 is 0 Å². The molecule has 3 heterocycles. The van der Waals surface area contributed by atoms with Crippen LogP contribution in [0.15, 0.2) is 16.9 Å². The van der Waals surface area contributed by atoms with Gasteiger partial charge in [-0.05, 0) is 37.7 Å². The maximum atomic E-state index is 13.0. The summed E-state index contributed by atoms with van der Waals surface area (Å²) >= 11 is 0. The molecular formula is C17H22N4O3. The molecule has 0 radical (unpaired) electrons. The number of hydrogen-bond acceptors (Lipinski definition) is 5. The first kappa shape index (κ1) is 15.4. The summed E-state index contributed by atoms with van der Waals surface area (Å²) in [6, 6.07) is -0.123. The molecule has 2 aliphatic rings. The Labute approximate surface area is 140 Å². The van der Waals surface area contributed by atoms with Crippen LogP contribution < -0.4 is 0 Å². The largest absolute Gasteiger partial charge is 0.382 e. The van der Waals surface area contributed by atoms with Crippen molar-refractivity contribution in [2.45, 2.75) is 38.8 Å². The van der Waals surface area contributed by atoms with Crippen LogP contribution in [0.3, 0.4) is 0 Å². The fourth-order valence-corrected chi connectivity index (χ4v) is 3.48. The lowest BCUT2D eigenvalue weighted by Crippen LogP contribution is -2.43. The maximum Gasteiger partial charge on any atom is 0.259 e. The van der Waals surface area contributed by atoms with E-state index in [9.17, 15) is 4.79 Å². The SMILES string of the molecule is COCC1c2c(cnn2CC2CC2)CCN1C(=O)c1cnoc1C. The fourth-order valence-electron chi connectivity index (χ4n) is 3.48. The zero-order valence-electron chi connectivity index (χ0n) is 14.1. The summed E-state index contributed by atoms with van der Waals surface area (Å²) in [4.78, 5) is 14.9. The van der Waals surface area contributed by atoms with Crippen molar-refractivity contribution in [2.75, 3.05) is 20.3 Å². The third-order valence-electron chi connectivity index (χ3n) is 4.97. The van der Waals surface area contributed by atoms with Gasteiger partial charge in [0.05, 0.1) is 30.7 Å². The van der Waals surface area contributed by atoms with E-state index in [4.69, 9.17) is 9.26 Å². The molecule has 1 fully saturated rings. The fraction of sp³-hybridized carbons (Fsp3) is 0.588. The zero-order chi connectivity index (χ0) is 16.7. The Bertz CT molecular complexity index is 747. The van der Waals surface area contributed by atoms with Crippen molar-refractivity contribution in [2.24, 2.45) is 5.92 Å². The molecule has 4 rings (SSSR count). The summed E-state index contributed by atoms with van der Waals surface area (Å²) in [6.07, 6.45) is 6.81. The molecule has 2 aromatic heterocycles. The lowest BCUT2D eigenvalue weighted by Gasteiger charge is -2.36. The summed E-state index contributed by atoms with van der Waals surface area (Å²) in [5.74, 6) is 1.22. The average molecular weight is 330 g/mol. The highest BCUT2D eigenvalue weighted by Gasteiger charge is 2.36. The van der Waals surface area contributed by atoms with Gasteiger partial charge in [0.25, 0.3) is 5.91 Å². The topological polar surface area (TPSA) is 73.4 Å². The average Bonchev–Trinajstić information content (AvgIpc) is 3.14. The highest BCUT2D eigenvalue weighted by atomic mass is 16.5. The van der Waals surface area contributed by atoms with Gasteiger partial charge in [0.2, 0.25) is 0 Å². The van der Waals surface area contributed by atoms with Crippen molar-refractivity contribution in [1.29, 1.82) is 0 Å². The van der Waals surface area contributed by atoms with Crippen molar-refractivity contribution < 1.29 is 14.1 Å². The number of ether oxygens (including phenoxy) is 1. The number of nitrogens with zero attached hydrogens (tertiary/aromatic N) is 4. The quantitative estimate of drug-likeness (QED) is 0.838. The van der Waals surface area contributed by atoms with Crippen molar-refractivity contribution in [1.82, 2.24) is 19.8 Å². The summed E-state index contributed by atoms with van der Waals surface area (Å²) in [5, 5.41) is 8.31. The number of rotatable bonds is 5. The molecule has 24 heavy (non-hydrogen) atoms. The van der Waals surface area contributed by atoms with Crippen LogP contribution in [0, 0.1) is 12.8 Å². The predicted octanol–water partition coefficient (Wildman–Crippen LogP) is 1.98. The van der Waals surface area contributed by atoms with Crippen molar-refractivity contribution in [3.63, 3.8) is 0 Å². The molecule has 1 aliphatic carbocycles. The summed E-state index contributed by atoms with van der Waals surface area (Å²) in [7, 11) is 1.67. The highest BCUT2D eigenvalue weighted by Crippen LogP contribution is 2.35. The molecule has 0 spiro atoms. The number of aromatic nitrogens is 3. The molecule has 1 saturated carbocycles. The molecule has 0 bridgehead atoms. The Morgan fingerprint density at radius 3 is 2.92 bits per heavy atom. The van der Waals surface area contributed by atoms with Crippen LogP contribution in [0.25, 0.3) is 0 Å². The Hall–Kier alpha value is -2.15. The van der Waals surface area contributed by atoms with E-state index in [1.165, 1.54) is 24.6 Å². The lowest BCUT2D eigenvalue weighted by atomic mass is 9.99. The molecule has 1 unspecified atom stereocenters. The molecular weight excluding hydrogens is 308 g/mol. The lowest BCUT2D eigenvalue weighted by molar-refractivity contribution is 0.0480. The van der Waals surface area contributed by atoms with E-state index in [0.29, 0.717) is 24.5 Å². The van der Waals surface area contributed by atoms with Gasteiger partial charge in [-0.25, -0.2) is 0 Å². The van der Waals surface area contributed by atoms with Gasteiger partial charge in [-0.1, -0.05) is 5.16 Å². The second kappa shape index (κ2) is 6.05. The number of methoxy groups -OCH3 is 1. The Morgan fingerprint density at radius 1 is 1.42 bits per heavy atom. The van der Waals surface area contributed by atoms with E-state index in [1.54, 1.807) is 14.0 Å². The molecule has 0 aromatic carbocycles. The first-order valence-electron chi connectivity index (χ1n) is 8.44. The second-order valence-electron chi connectivity index (χ2n) is 6.70. The first-order valence-corrected chi connectivity index (χ1v) is 8.44. The van der Waals surface area contributed by atoms with Gasteiger partial charge in [0.15, 0.2) is 0 Å². The monoisotopic (exact) mass is 330 g/mol. The van der Waals surface area contributed by atoms with Gasteiger partial charge in [0.1, 0.15) is 11.3 Å². The van der Waals surface area contributed by atoms with Crippen LogP contribution in [0.1, 0.15) is 46.3 Å². The molecule has 7 heteroatoms. The van der Waals surface area contributed by atoms with E-state index >= 15 is 0 Å². The Kier molecular flexibility index (Phi) is 3.88. The number of hydrogen-bond donors (Lipinski definition) is 0. The molecule has 0 N–H and O–H groups in total. The Balaban J connectivity index is 1.67. The summed E-state index contributed by atoms with van der Waals surface area (Å²) in [5.41, 5.74) is 2.87. The molecule has 128 valence electrons.